The summed E-state index contributed by atoms with van der Waals surface area (Å²) in [5, 5.41) is 21.5. The second-order valence-corrected chi connectivity index (χ2v) is 12.6. The number of carbonyl (C=O) groups is 3. The fourth-order valence-electron chi connectivity index (χ4n) is 7.54. The lowest BCUT2D eigenvalue weighted by Gasteiger charge is -2.60. The topological polar surface area (TPSA) is 104 Å². The average molecular weight is 574 g/mol. The van der Waals surface area contributed by atoms with Crippen molar-refractivity contribution in [2.24, 2.45) is 28.6 Å². The lowest BCUT2D eigenvalue weighted by Crippen LogP contribution is -2.63. The van der Waals surface area contributed by atoms with Crippen molar-refractivity contribution in [3.8, 4) is 0 Å². The molecule has 0 saturated heterocycles. The number of thioether (sulfide) groups is 1. The van der Waals surface area contributed by atoms with Crippen molar-refractivity contribution in [1.82, 2.24) is 4.90 Å². The van der Waals surface area contributed by atoms with Crippen molar-refractivity contribution in [2.75, 3.05) is 14.1 Å². The third-order valence-corrected chi connectivity index (χ3v) is 9.97. The maximum absolute atomic E-state index is 13.8. The lowest BCUT2D eigenvalue weighted by molar-refractivity contribution is -0.273. The van der Waals surface area contributed by atoms with Gasteiger partial charge < -0.3 is 19.8 Å². The number of allylic oxidation sites excluding steroid dienone is 4. The first kappa shape index (κ1) is 35.5. The summed E-state index contributed by atoms with van der Waals surface area (Å²) in [6.45, 7) is 15.1. The average Bonchev–Trinajstić information content (AvgIpc) is 3.12. The quantitative estimate of drug-likeness (QED) is 0.391. The predicted molar refractivity (Wildman–Crippen MR) is 157 cm³/mol. The molecule has 3 saturated carbocycles. The standard InChI is InChI=1S/C26H37NO6S.2C2H6.FH.H2/c1-23(2,32)33-26(21(30)34-22(31)27(5)6)12-10-18-17-8-7-15-13-16(28)9-11-24(15,3)20(17)19(29)14-25(18,26)4;2*1-2;;/h9,11,13,17-20,29,32H,7-8,10,12,14H2,1-6H3;2*1-2H3;2*1H/t17-,18?,19-,20?,24-,25-,26-;;;;/m0..../s1. The van der Waals surface area contributed by atoms with Gasteiger partial charge in [-0.2, -0.15) is 0 Å². The van der Waals surface area contributed by atoms with E-state index in [1.54, 1.807) is 26.2 Å². The molecule has 9 heteroatoms. The molecule has 2 unspecified atom stereocenters. The highest BCUT2D eigenvalue weighted by molar-refractivity contribution is 8.26. The molecule has 7 atom stereocenters. The highest BCUT2D eigenvalue weighted by atomic mass is 32.2. The first-order valence-electron chi connectivity index (χ1n) is 14.1. The first-order valence-corrected chi connectivity index (χ1v) is 14.9. The van der Waals surface area contributed by atoms with Crippen LogP contribution < -0.4 is 0 Å². The van der Waals surface area contributed by atoms with Gasteiger partial charge in [0.25, 0.3) is 5.24 Å². The van der Waals surface area contributed by atoms with E-state index in [9.17, 15) is 24.6 Å². The molecular formula is C30H52FNO6S. The fourth-order valence-corrected chi connectivity index (χ4v) is 8.42. The van der Waals surface area contributed by atoms with E-state index in [0.717, 1.165) is 18.4 Å². The molecular weight excluding hydrogens is 521 g/mol. The van der Waals surface area contributed by atoms with Gasteiger partial charge in [-0.3, -0.25) is 19.1 Å². The molecule has 4 aliphatic carbocycles. The van der Waals surface area contributed by atoms with Crippen LogP contribution in [0.15, 0.2) is 23.8 Å². The van der Waals surface area contributed by atoms with E-state index in [-0.39, 0.29) is 34.9 Å². The number of aliphatic hydroxyl groups excluding tert-OH is 1. The zero-order valence-electron chi connectivity index (χ0n) is 25.4. The normalized spacial score (nSPS) is 36.3. The number of ether oxygens (including phenoxy) is 1. The van der Waals surface area contributed by atoms with Gasteiger partial charge in [0.15, 0.2) is 11.6 Å². The van der Waals surface area contributed by atoms with Gasteiger partial charge in [-0.1, -0.05) is 53.2 Å². The van der Waals surface area contributed by atoms with Crippen molar-refractivity contribution in [1.29, 1.82) is 0 Å². The zero-order valence-corrected chi connectivity index (χ0v) is 26.2. The van der Waals surface area contributed by atoms with Crippen LogP contribution in [0.4, 0.5) is 9.50 Å². The summed E-state index contributed by atoms with van der Waals surface area (Å²) in [5.41, 5.74) is -1.48. The number of aliphatic hydroxyl groups is 2. The Morgan fingerprint density at radius 2 is 1.74 bits per heavy atom. The molecule has 0 aliphatic heterocycles. The third kappa shape index (κ3) is 6.21. The summed E-state index contributed by atoms with van der Waals surface area (Å²) in [7, 11) is 3.19. The van der Waals surface area contributed by atoms with E-state index < -0.39 is 33.4 Å². The van der Waals surface area contributed by atoms with Crippen LogP contribution in [-0.2, 0) is 14.3 Å². The van der Waals surface area contributed by atoms with E-state index in [1.165, 1.54) is 18.7 Å². The van der Waals surface area contributed by atoms with Gasteiger partial charge in [-0.15, -0.1) is 0 Å². The fraction of sp³-hybridized carbons (Fsp3) is 0.767. The summed E-state index contributed by atoms with van der Waals surface area (Å²) >= 11 is 0.620. The van der Waals surface area contributed by atoms with Crippen molar-refractivity contribution in [3.63, 3.8) is 0 Å². The van der Waals surface area contributed by atoms with Crippen molar-refractivity contribution in [2.45, 2.75) is 105 Å². The summed E-state index contributed by atoms with van der Waals surface area (Å²) < 4.78 is 6.21. The monoisotopic (exact) mass is 573 g/mol. The maximum Gasteiger partial charge on any atom is 0.288 e. The molecule has 4 aliphatic rings. The van der Waals surface area contributed by atoms with Crippen LogP contribution in [-0.4, -0.2) is 62.8 Å². The Balaban J connectivity index is 0.00000243. The van der Waals surface area contributed by atoms with Crippen LogP contribution in [0.25, 0.3) is 0 Å². The number of hydrogen-bond acceptors (Lipinski definition) is 7. The van der Waals surface area contributed by atoms with Crippen molar-refractivity contribution in [3.05, 3.63) is 23.8 Å². The minimum absolute atomic E-state index is 0. The number of amides is 1. The molecule has 0 heterocycles. The molecule has 39 heavy (non-hydrogen) atoms. The minimum atomic E-state index is -1.59. The molecule has 0 radical (unpaired) electrons. The van der Waals surface area contributed by atoms with Crippen LogP contribution in [0.1, 0.15) is 88.9 Å². The number of rotatable bonds is 3. The van der Waals surface area contributed by atoms with Crippen molar-refractivity contribution >= 4 is 27.9 Å². The molecule has 226 valence electrons. The maximum atomic E-state index is 13.8. The van der Waals surface area contributed by atoms with E-state index >= 15 is 0 Å². The summed E-state index contributed by atoms with van der Waals surface area (Å²) in [6, 6.07) is 0. The number of nitrogens with zero attached hydrogens (tertiary/aromatic N) is 1. The minimum Gasteiger partial charge on any atom is -0.393 e. The molecule has 0 aromatic rings. The zero-order chi connectivity index (χ0) is 29.3. The molecule has 7 nitrogen and oxygen atoms in total. The van der Waals surface area contributed by atoms with Gasteiger partial charge in [0.1, 0.15) is 5.60 Å². The summed E-state index contributed by atoms with van der Waals surface area (Å²) in [6.07, 6.45) is 7.57. The van der Waals surface area contributed by atoms with E-state index in [2.05, 4.69) is 6.92 Å². The van der Waals surface area contributed by atoms with Crippen LogP contribution in [0, 0.1) is 28.6 Å². The number of halogens is 1. The Morgan fingerprint density at radius 1 is 1.15 bits per heavy atom. The lowest BCUT2D eigenvalue weighted by atomic mass is 9.46. The van der Waals surface area contributed by atoms with Crippen molar-refractivity contribution < 1.29 is 35.5 Å². The highest BCUT2D eigenvalue weighted by Gasteiger charge is 2.70. The van der Waals surface area contributed by atoms with Gasteiger partial charge in [-0.25, -0.2) is 0 Å². The van der Waals surface area contributed by atoms with E-state index in [4.69, 9.17) is 4.74 Å². The van der Waals surface area contributed by atoms with E-state index in [1.807, 2.05) is 40.7 Å². The molecule has 3 fully saturated rings. The molecule has 4 rings (SSSR count). The predicted octanol–water partition coefficient (Wildman–Crippen LogP) is 6.14. The number of ketones is 1. The summed E-state index contributed by atoms with van der Waals surface area (Å²) in [5.74, 6) is -1.46. The highest BCUT2D eigenvalue weighted by Crippen LogP contribution is 2.68. The third-order valence-electron chi connectivity index (χ3n) is 8.91. The Bertz CT molecular complexity index is 982. The second-order valence-electron chi connectivity index (χ2n) is 11.7. The molecule has 1 amide bonds. The van der Waals surface area contributed by atoms with Crippen LogP contribution in [0.5, 0.6) is 0 Å². The second kappa shape index (κ2) is 13.0. The molecule has 0 spiro atoms. The summed E-state index contributed by atoms with van der Waals surface area (Å²) in [4.78, 5) is 39.6. The van der Waals surface area contributed by atoms with Gasteiger partial charge >= 0.3 is 0 Å². The van der Waals surface area contributed by atoms with Gasteiger partial charge in [0, 0.05) is 44.0 Å². The Morgan fingerprint density at radius 3 is 2.28 bits per heavy atom. The SMILES string of the molecule is CC.CC.CN(C)C(=O)SC(=O)[C@@]1(OC(C)(C)O)CCC2[C@@H]3CCC4=CC(=O)C=C[C@]4(C)C3[C@@H](O)C[C@@]21C.F.[HH]. The van der Waals surface area contributed by atoms with Gasteiger partial charge in [0.2, 0.25) is 5.12 Å². The Labute approximate surface area is 239 Å². The smallest absolute Gasteiger partial charge is 0.288 e. The molecule has 0 aromatic carbocycles. The van der Waals surface area contributed by atoms with Gasteiger partial charge in [0.05, 0.1) is 6.10 Å². The van der Waals surface area contributed by atoms with Crippen LogP contribution in [0.3, 0.4) is 0 Å². The molecule has 0 aromatic heterocycles. The molecule has 0 bridgehead atoms. The first-order chi connectivity index (χ1) is 17.6. The largest absolute Gasteiger partial charge is 0.393 e. The van der Waals surface area contributed by atoms with E-state index in [0.29, 0.717) is 31.0 Å². The number of fused-ring (bicyclic) bond motifs is 5. The Kier molecular flexibility index (Phi) is 11.8. The molecule has 2 N–H and O–H groups in total. The number of carbonyl (C=O) groups excluding carboxylic acids is 3. The Hall–Kier alpha value is -1.55. The van der Waals surface area contributed by atoms with Crippen LogP contribution in [0.2, 0.25) is 0 Å². The number of hydrogen-bond donors (Lipinski definition) is 2. The van der Waals surface area contributed by atoms with Crippen LogP contribution >= 0.6 is 11.8 Å². The van der Waals surface area contributed by atoms with Gasteiger partial charge in [-0.05, 0) is 69.9 Å².